The van der Waals surface area contributed by atoms with Gasteiger partial charge in [0, 0.05) is 19.4 Å². The Kier molecular flexibility index (Phi) is 41.9. The lowest BCUT2D eigenvalue weighted by Crippen LogP contribution is -2.29. The van der Waals surface area contributed by atoms with E-state index in [9.17, 15) is 19.0 Å². The summed E-state index contributed by atoms with van der Waals surface area (Å²) < 4.78 is 33.5. The number of carbonyl (C=O) groups excluding carboxylic acids is 2. The minimum absolute atomic E-state index is 0.0107. The van der Waals surface area contributed by atoms with Gasteiger partial charge in [0.05, 0.1) is 13.2 Å². The van der Waals surface area contributed by atoms with Crippen molar-refractivity contribution in [1.29, 1.82) is 0 Å². The molecule has 0 bridgehead atoms. The van der Waals surface area contributed by atoms with E-state index in [0.717, 1.165) is 32.1 Å². The van der Waals surface area contributed by atoms with Crippen LogP contribution in [-0.2, 0) is 32.7 Å². The lowest BCUT2D eigenvalue weighted by molar-refractivity contribution is -0.161. The topological polar surface area (TPSA) is 112 Å². The van der Waals surface area contributed by atoms with Crippen LogP contribution in [0.3, 0.4) is 0 Å². The number of phosphoric acid groups is 1. The molecule has 10 heteroatoms. The van der Waals surface area contributed by atoms with Crippen LogP contribution in [0.5, 0.6) is 0 Å². The van der Waals surface area contributed by atoms with Crippen LogP contribution in [0.1, 0.15) is 232 Å². The smallest absolute Gasteiger partial charge is 0.462 e. The summed E-state index contributed by atoms with van der Waals surface area (Å²) in [4.78, 5) is 37.1. The van der Waals surface area contributed by atoms with Crippen molar-refractivity contribution in [3.8, 4) is 0 Å². The minimum Gasteiger partial charge on any atom is -0.462 e. The maximum atomic E-state index is 12.7. The summed E-state index contributed by atoms with van der Waals surface area (Å²) in [5.41, 5.74) is 0. The van der Waals surface area contributed by atoms with E-state index in [0.29, 0.717) is 19.4 Å². The number of likely N-dealkylation sites (N-methyl/N-ethyl adjacent to an activating group) is 1. The number of hydrogen-bond acceptors (Lipinski definition) is 8. The summed E-state index contributed by atoms with van der Waals surface area (Å²) in [6.07, 6.45) is 44.0. The Balaban J connectivity index is 4.16. The molecule has 2 unspecified atom stereocenters. The van der Waals surface area contributed by atoms with E-state index in [-0.39, 0.29) is 25.6 Å². The van der Waals surface area contributed by atoms with Crippen molar-refractivity contribution in [2.45, 2.75) is 238 Å². The summed E-state index contributed by atoms with van der Waals surface area (Å²) in [6.45, 7) is 4.35. The van der Waals surface area contributed by atoms with Gasteiger partial charge in [0.1, 0.15) is 6.61 Å². The molecular formula is C47H92NO8P. The van der Waals surface area contributed by atoms with Gasteiger partial charge in [-0.05, 0) is 52.6 Å². The van der Waals surface area contributed by atoms with Gasteiger partial charge in [-0.3, -0.25) is 18.6 Å². The average molecular weight is 830 g/mol. The maximum absolute atomic E-state index is 12.7. The van der Waals surface area contributed by atoms with Gasteiger partial charge < -0.3 is 19.3 Å². The van der Waals surface area contributed by atoms with Crippen LogP contribution in [0.25, 0.3) is 0 Å². The number of esters is 2. The molecule has 0 rings (SSSR count). The van der Waals surface area contributed by atoms with Crippen molar-refractivity contribution in [1.82, 2.24) is 4.90 Å². The number of unbranched alkanes of at least 4 members (excludes halogenated alkanes) is 29. The van der Waals surface area contributed by atoms with Crippen LogP contribution in [0.15, 0.2) is 12.2 Å². The number of ether oxygens (including phenoxy) is 2. The van der Waals surface area contributed by atoms with Crippen molar-refractivity contribution in [2.24, 2.45) is 0 Å². The first-order valence-corrected chi connectivity index (χ1v) is 25.5. The van der Waals surface area contributed by atoms with E-state index in [2.05, 4.69) is 26.0 Å². The first-order chi connectivity index (χ1) is 27.7. The number of phosphoric ester groups is 1. The van der Waals surface area contributed by atoms with Gasteiger partial charge >= 0.3 is 19.8 Å². The molecule has 338 valence electrons. The third-order valence-electron chi connectivity index (χ3n) is 10.6. The minimum atomic E-state index is -4.36. The van der Waals surface area contributed by atoms with Crippen LogP contribution in [0.2, 0.25) is 0 Å². The summed E-state index contributed by atoms with van der Waals surface area (Å²) in [5.74, 6) is -0.791. The van der Waals surface area contributed by atoms with Gasteiger partial charge in [0.25, 0.3) is 0 Å². The molecule has 0 aliphatic heterocycles. The highest BCUT2D eigenvalue weighted by Gasteiger charge is 2.26. The molecule has 0 aromatic heterocycles. The van der Waals surface area contributed by atoms with Crippen molar-refractivity contribution >= 4 is 19.8 Å². The summed E-state index contributed by atoms with van der Waals surface area (Å²) in [5, 5.41) is 0. The second kappa shape index (κ2) is 42.9. The van der Waals surface area contributed by atoms with Gasteiger partial charge in [-0.1, -0.05) is 193 Å². The molecule has 1 N–H and O–H groups in total. The van der Waals surface area contributed by atoms with E-state index in [1.165, 1.54) is 167 Å². The fourth-order valence-electron chi connectivity index (χ4n) is 6.86. The zero-order valence-electron chi connectivity index (χ0n) is 37.8. The largest absolute Gasteiger partial charge is 0.472 e. The zero-order chi connectivity index (χ0) is 41.9. The predicted molar refractivity (Wildman–Crippen MR) is 239 cm³/mol. The molecule has 0 fully saturated rings. The normalized spacial score (nSPS) is 13.4. The summed E-state index contributed by atoms with van der Waals surface area (Å²) in [7, 11) is -0.701. The van der Waals surface area contributed by atoms with Crippen LogP contribution < -0.4 is 0 Å². The third kappa shape index (κ3) is 44.1. The van der Waals surface area contributed by atoms with Gasteiger partial charge in [-0.25, -0.2) is 4.57 Å². The standard InChI is InChI=1S/C47H92NO8P/c1-5-7-9-11-13-15-17-19-20-21-22-23-24-25-26-28-30-32-34-36-38-40-47(50)56-45(44-55-57(51,52)54-42-41-48(3)4)43-53-46(49)39-37-35-33-31-29-27-18-16-14-12-10-8-6-2/h19-20,45H,5-18,21-44H2,1-4H3,(H,51,52)/b20-19-. The quantitative estimate of drug-likeness (QED) is 0.0277. The van der Waals surface area contributed by atoms with Crippen molar-refractivity contribution in [2.75, 3.05) is 40.5 Å². The van der Waals surface area contributed by atoms with E-state index in [4.69, 9.17) is 18.5 Å². The fraction of sp³-hybridized carbons (Fsp3) is 0.915. The van der Waals surface area contributed by atoms with Gasteiger partial charge in [-0.2, -0.15) is 0 Å². The molecule has 0 amide bonds. The first kappa shape index (κ1) is 55.8. The zero-order valence-corrected chi connectivity index (χ0v) is 38.7. The Morgan fingerprint density at radius 2 is 0.895 bits per heavy atom. The third-order valence-corrected chi connectivity index (χ3v) is 11.6. The Morgan fingerprint density at radius 3 is 1.30 bits per heavy atom. The van der Waals surface area contributed by atoms with Gasteiger partial charge in [0.15, 0.2) is 6.10 Å². The molecule has 0 radical (unpaired) electrons. The van der Waals surface area contributed by atoms with Crippen LogP contribution in [0, 0.1) is 0 Å². The maximum Gasteiger partial charge on any atom is 0.472 e. The van der Waals surface area contributed by atoms with Crippen molar-refractivity contribution in [3.05, 3.63) is 12.2 Å². The van der Waals surface area contributed by atoms with Gasteiger partial charge in [-0.15, -0.1) is 0 Å². The Hall–Kier alpha value is -1.25. The number of rotatable bonds is 45. The van der Waals surface area contributed by atoms with E-state index >= 15 is 0 Å². The van der Waals surface area contributed by atoms with E-state index in [1.54, 1.807) is 0 Å². The van der Waals surface area contributed by atoms with Crippen molar-refractivity contribution < 1.29 is 37.6 Å². The Labute approximate surface area is 352 Å². The number of nitrogens with zero attached hydrogens (tertiary/aromatic N) is 1. The number of hydrogen-bond donors (Lipinski definition) is 1. The van der Waals surface area contributed by atoms with Crippen LogP contribution in [0.4, 0.5) is 0 Å². The molecule has 0 saturated carbocycles. The molecule has 0 aliphatic carbocycles. The fourth-order valence-corrected chi connectivity index (χ4v) is 7.60. The van der Waals surface area contributed by atoms with Crippen LogP contribution in [-0.4, -0.2) is 68.3 Å². The monoisotopic (exact) mass is 830 g/mol. The Morgan fingerprint density at radius 1 is 0.526 bits per heavy atom. The van der Waals surface area contributed by atoms with Crippen LogP contribution >= 0.6 is 7.82 Å². The highest BCUT2D eigenvalue weighted by molar-refractivity contribution is 7.47. The molecule has 0 heterocycles. The average Bonchev–Trinajstić information content (AvgIpc) is 3.18. The van der Waals surface area contributed by atoms with Crippen molar-refractivity contribution in [3.63, 3.8) is 0 Å². The second-order valence-electron chi connectivity index (χ2n) is 16.6. The molecule has 0 spiro atoms. The second-order valence-corrected chi connectivity index (χ2v) is 18.1. The summed E-state index contributed by atoms with van der Waals surface area (Å²) >= 11 is 0. The highest BCUT2D eigenvalue weighted by atomic mass is 31.2. The number of allylic oxidation sites excluding steroid dienone is 2. The van der Waals surface area contributed by atoms with E-state index < -0.39 is 26.5 Å². The summed E-state index contributed by atoms with van der Waals surface area (Å²) in [6, 6.07) is 0. The molecule has 0 aromatic carbocycles. The van der Waals surface area contributed by atoms with E-state index in [1.807, 2.05) is 19.0 Å². The predicted octanol–water partition coefficient (Wildman–Crippen LogP) is 14.0. The lowest BCUT2D eigenvalue weighted by Gasteiger charge is -2.20. The molecule has 2 atom stereocenters. The Bertz CT molecular complexity index is 962. The molecule has 9 nitrogen and oxygen atoms in total. The molecule has 0 saturated heterocycles. The molecule has 57 heavy (non-hydrogen) atoms. The van der Waals surface area contributed by atoms with Gasteiger partial charge in [0.2, 0.25) is 0 Å². The number of carbonyl (C=O) groups is 2. The highest BCUT2D eigenvalue weighted by Crippen LogP contribution is 2.43. The lowest BCUT2D eigenvalue weighted by atomic mass is 10.0. The molecular weight excluding hydrogens is 737 g/mol. The molecule has 0 aromatic rings. The first-order valence-electron chi connectivity index (χ1n) is 24.0. The molecule has 0 aliphatic rings. The SMILES string of the molecule is CCCCCCCC/C=C\CCCCCCCCCCCCCC(=O)OC(COC(=O)CCCCCCCCCCCCCCC)COP(=O)(O)OCCN(C)C.